The van der Waals surface area contributed by atoms with Crippen LogP contribution in [-0.4, -0.2) is 19.6 Å². The first-order chi connectivity index (χ1) is 9.60. The van der Waals surface area contributed by atoms with Crippen molar-refractivity contribution in [1.82, 2.24) is 14.5 Å². The molecule has 0 fully saturated rings. The van der Waals surface area contributed by atoms with Gasteiger partial charge in [-0.05, 0) is 38.0 Å². The van der Waals surface area contributed by atoms with Crippen LogP contribution in [0.4, 0.5) is 0 Å². The number of rotatable bonds is 5. The van der Waals surface area contributed by atoms with Crippen molar-refractivity contribution in [1.29, 1.82) is 0 Å². The number of H-pyrrole nitrogens is 1. The van der Waals surface area contributed by atoms with Gasteiger partial charge in [0.1, 0.15) is 5.82 Å². The van der Waals surface area contributed by atoms with Gasteiger partial charge in [-0.15, -0.1) is 0 Å². The summed E-state index contributed by atoms with van der Waals surface area (Å²) in [4.78, 5) is 7.10. The van der Waals surface area contributed by atoms with Crippen molar-refractivity contribution in [2.45, 2.75) is 33.3 Å². The molecule has 2 N–H and O–H groups in total. The second-order valence-corrected chi connectivity index (χ2v) is 4.77. The Morgan fingerprint density at radius 1 is 1.55 bits per heavy atom. The molecule has 0 aromatic carbocycles. The average molecular weight is 271 g/mol. The summed E-state index contributed by atoms with van der Waals surface area (Å²) in [5.41, 5.74) is 3.91. The second-order valence-electron chi connectivity index (χ2n) is 4.77. The average Bonchev–Trinajstić information content (AvgIpc) is 3.08. The molecule has 4 heteroatoms. The molecule has 0 saturated heterocycles. The van der Waals surface area contributed by atoms with Gasteiger partial charge in [-0.2, -0.15) is 0 Å². The van der Waals surface area contributed by atoms with Crippen molar-refractivity contribution in [2.24, 2.45) is 0 Å². The smallest absolute Gasteiger partial charge is 0.151 e. The lowest BCUT2D eigenvalue weighted by atomic mass is 10.2. The molecule has 1 atom stereocenters. The number of hydrogen-bond donors (Lipinski definition) is 2. The van der Waals surface area contributed by atoms with Gasteiger partial charge < -0.3 is 14.7 Å². The van der Waals surface area contributed by atoms with Crippen molar-refractivity contribution < 1.29 is 5.11 Å². The highest BCUT2D eigenvalue weighted by Gasteiger charge is 2.20. The van der Waals surface area contributed by atoms with Crippen molar-refractivity contribution >= 4 is 11.3 Å². The predicted molar refractivity (Wildman–Crippen MR) is 82.0 cm³/mol. The molecule has 0 aliphatic heterocycles. The Kier molecular flexibility index (Phi) is 4.25. The van der Waals surface area contributed by atoms with Crippen LogP contribution < -0.4 is 0 Å². The normalized spacial score (nSPS) is 13.5. The van der Waals surface area contributed by atoms with Crippen LogP contribution in [0.15, 0.2) is 37.2 Å². The van der Waals surface area contributed by atoms with Gasteiger partial charge in [-0.1, -0.05) is 19.6 Å². The molecule has 106 valence electrons. The highest BCUT2D eigenvalue weighted by molar-refractivity contribution is 5.66. The van der Waals surface area contributed by atoms with Gasteiger partial charge >= 0.3 is 0 Å². The van der Waals surface area contributed by atoms with E-state index in [-0.39, 0.29) is 0 Å². The number of nitrogens with zero attached hydrogens (tertiary/aromatic N) is 2. The maximum absolute atomic E-state index is 10.6. The summed E-state index contributed by atoms with van der Waals surface area (Å²) in [5, 5.41) is 10.6. The first kappa shape index (κ1) is 14.3. The zero-order chi connectivity index (χ0) is 14.7. The largest absolute Gasteiger partial charge is 0.379 e. The van der Waals surface area contributed by atoms with E-state index < -0.39 is 6.10 Å². The molecular weight excluding hydrogens is 250 g/mol. The number of nitrogens with one attached hydrogen (secondary N) is 1. The van der Waals surface area contributed by atoms with Gasteiger partial charge in [0.15, 0.2) is 6.10 Å². The zero-order valence-corrected chi connectivity index (χ0v) is 12.2. The topological polar surface area (TPSA) is 53.8 Å². The molecule has 0 radical (unpaired) electrons. The minimum absolute atomic E-state index is 0.543. The molecule has 0 amide bonds. The number of allylic oxidation sites excluding steroid dienone is 2. The van der Waals surface area contributed by atoms with Crippen molar-refractivity contribution in [3.05, 3.63) is 54.4 Å². The van der Waals surface area contributed by atoms with Crippen LogP contribution in [0.2, 0.25) is 0 Å². The summed E-state index contributed by atoms with van der Waals surface area (Å²) in [7, 11) is 0. The van der Waals surface area contributed by atoms with E-state index in [1.54, 1.807) is 12.4 Å². The van der Waals surface area contributed by atoms with E-state index >= 15 is 0 Å². The Balaban J connectivity index is 2.52. The number of aliphatic hydroxyl groups excluding tert-OH is 1. The Morgan fingerprint density at radius 3 is 2.80 bits per heavy atom. The van der Waals surface area contributed by atoms with Gasteiger partial charge in [-0.25, -0.2) is 4.98 Å². The van der Waals surface area contributed by atoms with Crippen LogP contribution in [0.25, 0.3) is 11.3 Å². The molecule has 0 bridgehead atoms. The van der Waals surface area contributed by atoms with E-state index in [9.17, 15) is 5.11 Å². The van der Waals surface area contributed by atoms with Crippen LogP contribution in [0.1, 0.15) is 44.1 Å². The summed E-state index contributed by atoms with van der Waals surface area (Å²) < 4.78 is 2.06. The summed E-state index contributed by atoms with van der Waals surface area (Å²) >= 11 is 0. The Hall–Kier alpha value is -2.07. The highest BCUT2D eigenvalue weighted by Crippen LogP contribution is 2.29. The van der Waals surface area contributed by atoms with E-state index in [1.165, 1.54) is 0 Å². The second kappa shape index (κ2) is 5.92. The van der Waals surface area contributed by atoms with Gasteiger partial charge in [0.05, 0.1) is 5.70 Å². The molecule has 2 rings (SSSR count). The number of aryl methyl sites for hydroxylation is 1. The number of aromatic nitrogens is 3. The van der Waals surface area contributed by atoms with Crippen LogP contribution in [0.3, 0.4) is 0 Å². The van der Waals surface area contributed by atoms with E-state index in [0.29, 0.717) is 5.82 Å². The third-order valence-corrected chi connectivity index (χ3v) is 3.37. The molecule has 0 aliphatic rings. The fourth-order valence-electron chi connectivity index (χ4n) is 2.37. The lowest BCUT2D eigenvalue weighted by molar-refractivity contribution is 0.222. The maximum atomic E-state index is 10.6. The molecule has 1 unspecified atom stereocenters. The Bertz CT molecular complexity index is 620. The standard InChI is InChI=1S/C16H21N3O/c1-5-12-7-8-14(11(3)4)19(12)13(6-2)15(20)16-17-9-10-18-16/h6-10,15,20H,3,5H2,1-2,4H3,(H,17,18)/b13-6-. The fraction of sp³-hybridized carbons (Fsp3) is 0.312. The summed E-state index contributed by atoms with van der Waals surface area (Å²) in [5.74, 6) is 0.543. The van der Waals surface area contributed by atoms with E-state index in [4.69, 9.17) is 0 Å². The third-order valence-electron chi connectivity index (χ3n) is 3.37. The summed E-state index contributed by atoms with van der Waals surface area (Å²) in [6, 6.07) is 4.11. The Labute approximate surface area is 119 Å². The molecule has 20 heavy (non-hydrogen) atoms. The summed E-state index contributed by atoms with van der Waals surface area (Å²) in [6.07, 6.45) is 5.36. The van der Waals surface area contributed by atoms with E-state index in [2.05, 4.69) is 34.1 Å². The van der Waals surface area contributed by atoms with Crippen LogP contribution >= 0.6 is 0 Å². The number of aromatic amines is 1. The Morgan fingerprint density at radius 2 is 2.30 bits per heavy atom. The predicted octanol–water partition coefficient (Wildman–Crippen LogP) is 3.40. The van der Waals surface area contributed by atoms with Gasteiger partial charge in [0.25, 0.3) is 0 Å². The van der Waals surface area contributed by atoms with Crippen molar-refractivity contribution in [2.75, 3.05) is 0 Å². The molecule has 2 aromatic rings. The summed E-state index contributed by atoms with van der Waals surface area (Å²) in [6.45, 7) is 10.0. The third kappa shape index (κ3) is 2.47. The first-order valence-electron chi connectivity index (χ1n) is 6.80. The highest BCUT2D eigenvalue weighted by atomic mass is 16.3. The number of hydrogen-bond acceptors (Lipinski definition) is 2. The lowest BCUT2D eigenvalue weighted by Crippen LogP contribution is -2.13. The molecule has 0 aliphatic carbocycles. The SMILES string of the molecule is C=C(C)c1ccc(CC)n1/C(=C\C)C(O)c1ncc[nH]1. The number of imidazole rings is 1. The zero-order valence-electron chi connectivity index (χ0n) is 12.2. The number of aliphatic hydroxyl groups is 1. The minimum Gasteiger partial charge on any atom is -0.379 e. The quantitative estimate of drug-likeness (QED) is 0.875. The molecule has 4 nitrogen and oxygen atoms in total. The minimum atomic E-state index is -0.786. The van der Waals surface area contributed by atoms with E-state index in [0.717, 1.165) is 29.1 Å². The molecule has 2 aromatic heterocycles. The van der Waals surface area contributed by atoms with Gasteiger partial charge in [0, 0.05) is 23.8 Å². The maximum Gasteiger partial charge on any atom is 0.151 e. The van der Waals surface area contributed by atoms with E-state index in [1.807, 2.05) is 26.0 Å². The van der Waals surface area contributed by atoms with Crippen LogP contribution in [-0.2, 0) is 6.42 Å². The first-order valence-corrected chi connectivity index (χ1v) is 6.80. The van der Waals surface area contributed by atoms with Crippen LogP contribution in [0.5, 0.6) is 0 Å². The fourth-order valence-corrected chi connectivity index (χ4v) is 2.37. The van der Waals surface area contributed by atoms with Crippen molar-refractivity contribution in [3.63, 3.8) is 0 Å². The van der Waals surface area contributed by atoms with Gasteiger partial charge in [0.2, 0.25) is 0 Å². The monoisotopic (exact) mass is 271 g/mol. The molecular formula is C16H21N3O. The molecule has 0 spiro atoms. The lowest BCUT2D eigenvalue weighted by Gasteiger charge is -2.20. The van der Waals surface area contributed by atoms with Gasteiger partial charge in [-0.3, -0.25) is 0 Å². The van der Waals surface area contributed by atoms with Crippen LogP contribution in [0, 0.1) is 0 Å². The van der Waals surface area contributed by atoms with Crippen molar-refractivity contribution in [3.8, 4) is 0 Å². The molecule has 2 heterocycles. The molecule has 0 saturated carbocycles.